The van der Waals surface area contributed by atoms with Crippen molar-refractivity contribution in [3.05, 3.63) is 70.5 Å². The second-order valence-electron chi connectivity index (χ2n) is 7.91. The molecule has 0 N–H and O–H groups in total. The first-order valence-corrected chi connectivity index (χ1v) is 11.5. The number of ether oxygens (including phenoxy) is 2. The third kappa shape index (κ3) is 8.56. The van der Waals surface area contributed by atoms with Crippen LogP contribution in [0.15, 0.2) is 36.4 Å². The van der Waals surface area contributed by atoms with Crippen molar-refractivity contribution in [3.63, 3.8) is 0 Å². The standard InChI is InChI=1S/C26H31F3O4/c1-2-3-4-5-6-7-8-9-12-17-32-25(30)19-13-10-11-14-20(19)26(31)33-18-21-22(27)15-16-23(28)24(21)29/h10-11,13-16H,2-9,12,17-18H2,1H3. The van der Waals surface area contributed by atoms with E-state index in [4.69, 9.17) is 9.47 Å². The number of halogens is 3. The van der Waals surface area contributed by atoms with Gasteiger partial charge in [0.25, 0.3) is 0 Å². The van der Waals surface area contributed by atoms with E-state index in [1.165, 1.54) is 56.7 Å². The fourth-order valence-electron chi connectivity index (χ4n) is 3.41. The Bertz CT molecular complexity index is 914. The molecule has 0 spiro atoms. The molecule has 0 aromatic heterocycles. The maximum atomic E-state index is 13.8. The molecule has 0 heterocycles. The summed E-state index contributed by atoms with van der Waals surface area (Å²) in [6.07, 6.45) is 10.2. The Morgan fingerprint density at radius 1 is 0.697 bits per heavy atom. The molecule has 0 fully saturated rings. The van der Waals surface area contributed by atoms with Gasteiger partial charge in [0.2, 0.25) is 0 Å². The van der Waals surface area contributed by atoms with E-state index in [9.17, 15) is 22.8 Å². The highest BCUT2D eigenvalue weighted by atomic mass is 19.2. The lowest BCUT2D eigenvalue weighted by molar-refractivity contribution is 0.0430. The van der Waals surface area contributed by atoms with E-state index in [0.717, 1.165) is 25.3 Å². The largest absolute Gasteiger partial charge is 0.462 e. The van der Waals surface area contributed by atoms with Gasteiger partial charge in [-0.2, -0.15) is 0 Å². The minimum atomic E-state index is -1.42. The SMILES string of the molecule is CCCCCCCCCCCOC(=O)c1ccccc1C(=O)OCc1c(F)ccc(F)c1F. The predicted octanol–water partition coefficient (Wildman–Crippen LogP) is 7.15. The van der Waals surface area contributed by atoms with Crippen LogP contribution in [0.4, 0.5) is 13.2 Å². The van der Waals surface area contributed by atoms with Crippen molar-refractivity contribution < 1.29 is 32.2 Å². The number of hydrogen-bond acceptors (Lipinski definition) is 4. The summed E-state index contributed by atoms with van der Waals surface area (Å²) in [6.45, 7) is 1.62. The molecular formula is C26H31F3O4. The van der Waals surface area contributed by atoms with Gasteiger partial charge in [-0.15, -0.1) is 0 Å². The number of carbonyl (C=O) groups excluding carboxylic acids is 2. The lowest BCUT2D eigenvalue weighted by Gasteiger charge is -2.11. The zero-order valence-corrected chi connectivity index (χ0v) is 19.0. The molecule has 2 aromatic rings. The van der Waals surface area contributed by atoms with Crippen LogP contribution < -0.4 is 0 Å². The number of esters is 2. The molecule has 0 aliphatic heterocycles. The molecule has 0 atom stereocenters. The third-order valence-electron chi connectivity index (χ3n) is 5.33. The average molecular weight is 465 g/mol. The second-order valence-corrected chi connectivity index (χ2v) is 7.91. The zero-order chi connectivity index (χ0) is 24.1. The monoisotopic (exact) mass is 464 g/mol. The van der Waals surface area contributed by atoms with Crippen molar-refractivity contribution in [2.75, 3.05) is 6.61 Å². The first-order valence-electron chi connectivity index (χ1n) is 11.5. The molecule has 4 nitrogen and oxygen atoms in total. The molecule has 7 heteroatoms. The Kier molecular flexibility index (Phi) is 11.5. The summed E-state index contributed by atoms with van der Waals surface area (Å²) >= 11 is 0. The Hall–Kier alpha value is -2.83. The van der Waals surface area contributed by atoms with Gasteiger partial charge in [-0.1, -0.05) is 70.4 Å². The minimum absolute atomic E-state index is 0.00129. The van der Waals surface area contributed by atoms with Gasteiger partial charge in [-0.3, -0.25) is 0 Å². The van der Waals surface area contributed by atoms with Gasteiger partial charge in [-0.05, 0) is 30.7 Å². The highest BCUT2D eigenvalue weighted by molar-refractivity contribution is 6.03. The predicted molar refractivity (Wildman–Crippen MR) is 119 cm³/mol. The molecule has 33 heavy (non-hydrogen) atoms. The summed E-state index contributed by atoms with van der Waals surface area (Å²) in [5.41, 5.74) is -0.792. The van der Waals surface area contributed by atoms with Gasteiger partial charge >= 0.3 is 11.9 Å². The summed E-state index contributed by atoms with van der Waals surface area (Å²) in [5.74, 6) is -5.34. The van der Waals surface area contributed by atoms with Gasteiger partial charge in [0, 0.05) is 0 Å². The molecule has 0 radical (unpaired) electrons. The van der Waals surface area contributed by atoms with Gasteiger partial charge in [0.1, 0.15) is 12.4 Å². The molecule has 0 aliphatic rings. The highest BCUT2D eigenvalue weighted by Gasteiger charge is 2.21. The second kappa shape index (κ2) is 14.3. The fourth-order valence-corrected chi connectivity index (χ4v) is 3.41. The Morgan fingerprint density at radius 3 is 1.82 bits per heavy atom. The normalized spacial score (nSPS) is 10.8. The van der Waals surface area contributed by atoms with Crippen LogP contribution in [0.5, 0.6) is 0 Å². The molecule has 0 unspecified atom stereocenters. The molecule has 0 aliphatic carbocycles. The van der Waals surface area contributed by atoms with Crippen molar-refractivity contribution in [1.29, 1.82) is 0 Å². The minimum Gasteiger partial charge on any atom is -0.462 e. The highest BCUT2D eigenvalue weighted by Crippen LogP contribution is 2.19. The number of hydrogen-bond donors (Lipinski definition) is 0. The molecule has 2 aromatic carbocycles. The molecular weight excluding hydrogens is 433 g/mol. The summed E-state index contributed by atoms with van der Waals surface area (Å²) < 4.78 is 51.0. The first-order chi connectivity index (χ1) is 16.0. The topological polar surface area (TPSA) is 52.6 Å². The van der Waals surface area contributed by atoms with Gasteiger partial charge < -0.3 is 9.47 Å². The summed E-state index contributed by atoms with van der Waals surface area (Å²) in [5, 5.41) is 0. The number of unbranched alkanes of at least 4 members (excludes halogenated alkanes) is 8. The quantitative estimate of drug-likeness (QED) is 0.169. The molecule has 0 saturated carbocycles. The summed E-state index contributed by atoms with van der Waals surface area (Å²) in [7, 11) is 0. The number of carbonyl (C=O) groups is 2. The van der Waals surface area contributed by atoms with Crippen LogP contribution in [0, 0.1) is 17.5 Å². The lowest BCUT2D eigenvalue weighted by atomic mass is 10.1. The van der Waals surface area contributed by atoms with E-state index >= 15 is 0 Å². The average Bonchev–Trinajstić information content (AvgIpc) is 2.82. The maximum absolute atomic E-state index is 13.8. The fraction of sp³-hybridized carbons (Fsp3) is 0.462. The summed E-state index contributed by atoms with van der Waals surface area (Å²) in [6, 6.07) is 7.26. The van der Waals surface area contributed by atoms with Crippen LogP contribution in [0.2, 0.25) is 0 Å². The zero-order valence-electron chi connectivity index (χ0n) is 19.0. The Labute approximate surface area is 193 Å². The van der Waals surface area contributed by atoms with Crippen molar-refractivity contribution in [3.8, 4) is 0 Å². The van der Waals surface area contributed by atoms with Gasteiger partial charge in [0.05, 0.1) is 23.3 Å². The van der Waals surface area contributed by atoms with Crippen LogP contribution in [0.25, 0.3) is 0 Å². The van der Waals surface area contributed by atoms with Crippen LogP contribution in [-0.2, 0) is 16.1 Å². The molecule has 2 rings (SSSR count). The molecule has 0 bridgehead atoms. The lowest BCUT2D eigenvalue weighted by Crippen LogP contribution is -2.15. The van der Waals surface area contributed by atoms with Crippen molar-refractivity contribution in [2.45, 2.75) is 71.3 Å². The van der Waals surface area contributed by atoms with E-state index in [0.29, 0.717) is 6.07 Å². The Balaban J connectivity index is 1.81. The van der Waals surface area contributed by atoms with E-state index in [-0.39, 0.29) is 17.7 Å². The van der Waals surface area contributed by atoms with Crippen LogP contribution in [-0.4, -0.2) is 18.5 Å². The van der Waals surface area contributed by atoms with E-state index in [1.54, 1.807) is 6.07 Å². The van der Waals surface area contributed by atoms with Crippen molar-refractivity contribution in [2.24, 2.45) is 0 Å². The maximum Gasteiger partial charge on any atom is 0.339 e. The van der Waals surface area contributed by atoms with E-state index < -0.39 is 41.6 Å². The smallest absolute Gasteiger partial charge is 0.339 e. The van der Waals surface area contributed by atoms with Crippen molar-refractivity contribution >= 4 is 11.9 Å². The van der Waals surface area contributed by atoms with Gasteiger partial charge in [0.15, 0.2) is 11.6 Å². The number of benzene rings is 2. The molecule has 0 amide bonds. The molecule has 180 valence electrons. The van der Waals surface area contributed by atoms with E-state index in [1.807, 2.05) is 0 Å². The van der Waals surface area contributed by atoms with Crippen LogP contribution in [0.3, 0.4) is 0 Å². The number of rotatable bonds is 14. The molecule has 0 saturated heterocycles. The Morgan fingerprint density at radius 2 is 1.21 bits per heavy atom. The van der Waals surface area contributed by atoms with Crippen molar-refractivity contribution in [1.82, 2.24) is 0 Å². The summed E-state index contributed by atoms with van der Waals surface area (Å²) in [4.78, 5) is 24.9. The van der Waals surface area contributed by atoms with E-state index in [2.05, 4.69) is 6.92 Å². The van der Waals surface area contributed by atoms with Crippen LogP contribution >= 0.6 is 0 Å². The third-order valence-corrected chi connectivity index (χ3v) is 5.33. The first kappa shape index (κ1) is 26.4. The van der Waals surface area contributed by atoms with Gasteiger partial charge in [-0.25, -0.2) is 22.8 Å². The van der Waals surface area contributed by atoms with Crippen LogP contribution in [0.1, 0.15) is 91.0 Å².